The third-order valence-corrected chi connectivity index (χ3v) is 2.81. The normalized spacial score (nSPS) is 13.3. The number of fused-ring (bicyclic) bond motifs is 1. The molecule has 2 aromatic rings. The van der Waals surface area contributed by atoms with Crippen LogP contribution in [0.2, 0.25) is 0 Å². The number of rotatable bonds is 2. The van der Waals surface area contributed by atoms with Crippen LogP contribution in [0.3, 0.4) is 0 Å². The van der Waals surface area contributed by atoms with Crippen LogP contribution in [-0.4, -0.2) is 22.4 Å². The number of carbonyl (C=O) groups excluding carboxylic acids is 2. The molecule has 3 rings (SSSR count). The molecule has 0 spiro atoms. The Morgan fingerprint density at radius 3 is 3.06 bits per heavy atom. The first-order chi connectivity index (χ1) is 8.28. The number of H-pyrrole nitrogens is 1. The van der Waals surface area contributed by atoms with Crippen molar-refractivity contribution in [2.75, 3.05) is 5.32 Å². The number of aromatic amines is 1. The van der Waals surface area contributed by atoms with Gasteiger partial charge >= 0.3 is 0 Å². The minimum Gasteiger partial charge on any atom is -0.326 e. The number of nitrogens with zero attached hydrogens (tertiary/aromatic N) is 1. The van der Waals surface area contributed by atoms with Gasteiger partial charge in [-0.1, -0.05) is 6.07 Å². The third kappa shape index (κ3) is 1.52. The number of benzene rings is 1. The minimum absolute atomic E-state index is 0.00243. The fourth-order valence-corrected chi connectivity index (χ4v) is 2.00. The second-order valence-corrected chi connectivity index (χ2v) is 3.92. The molecule has 5 heteroatoms. The van der Waals surface area contributed by atoms with Gasteiger partial charge in [0, 0.05) is 11.3 Å². The van der Waals surface area contributed by atoms with Gasteiger partial charge in [-0.3, -0.25) is 14.7 Å². The van der Waals surface area contributed by atoms with Gasteiger partial charge in [-0.15, -0.1) is 0 Å². The number of hydrogen-bond donors (Lipinski definition) is 2. The Bertz CT molecular complexity index is 616. The Balaban J connectivity index is 2.09. The lowest BCUT2D eigenvalue weighted by atomic mass is 10.0. The highest BCUT2D eigenvalue weighted by molar-refractivity contribution is 6.00. The average molecular weight is 227 g/mol. The monoisotopic (exact) mass is 227 g/mol. The lowest BCUT2D eigenvalue weighted by molar-refractivity contribution is -0.115. The van der Waals surface area contributed by atoms with Crippen molar-refractivity contribution in [3.05, 3.63) is 35.5 Å². The highest BCUT2D eigenvalue weighted by atomic mass is 16.1. The molecule has 2 heterocycles. The van der Waals surface area contributed by atoms with Gasteiger partial charge < -0.3 is 5.32 Å². The Hall–Kier alpha value is -2.43. The molecule has 0 unspecified atom stereocenters. The summed E-state index contributed by atoms with van der Waals surface area (Å²) in [6.45, 7) is 0. The predicted molar refractivity (Wildman–Crippen MR) is 61.7 cm³/mol. The van der Waals surface area contributed by atoms with E-state index >= 15 is 0 Å². The molecule has 1 aliphatic heterocycles. The highest BCUT2D eigenvalue weighted by Crippen LogP contribution is 2.29. The molecule has 0 bridgehead atoms. The molecular weight excluding hydrogens is 218 g/mol. The predicted octanol–water partition coefficient (Wildman–Crippen LogP) is 1.38. The van der Waals surface area contributed by atoms with E-state index in [0.717, 1.165) is 23.1 Å². The SMILES string of the molecule is O=Cc1cn[nH]c1-c1ccc2c(c1)CC(=O)N2. The van der Waals surface area contributed by atoms with Crippen LogP contribution in [0.4, 0.5) is 5.69 Å². The maximum atomic E-state index is 11.2. The first kappa shape index (κ1) is 9.77. The lowest BCUT2D eigenvalue weighted by Gasteiger charge is -2.02. The van der Waals surface area contributed by atoms with E-state index in [1.54, 1.807) is 0 Å². The number of carbonyl (C=O) groups is 2. The number of nitrogens with one attached hydrogen (secondary N) is 2. The molecule has 1 amide bonds. The summed E-state index contributed by atoms with van der Waals surface area (Å²) in [4.78, 5) is 22.1. The zero-order chi connectivity index (χ0) is 11.8. The molecular formula is C12H9N3O2. The largest absolute Gasteiger partial charge is 0.326 e. The van der Waals surface area contributed by atoms with E-state index in [0.29, 0.717) is 17.7 Å². The Kier molecular flexibility index (Phi) is 2.04. The lowest BCUT2D eigenvalue weighted by Crippen LogP contribution is -2.03. The quantitative estimate of drug-likeness (QED) is 0.761. The standard InChI is InChI=1S/C12H9N3O2/c16-6-9-5-13-15-12(9)7-1-2-10-8(3-7)4-11(17)14-10/h1-3,5-6H,4H2,(H,13,15)(H,14,17). The molecule has 0 atom stereocenters. The average Bonchev–Trinajstić information content (AvgIpc) is 2.91. The van der Waals surface area contributed by atoms with Crippen LogP contribution in [0.15, 0.2) is 24.4 Å². The van der Waals surface area contributed by atoms with E-state index in [1.165, 1.54) is 6.20 Å². The van der Waals surface area contributed by atoms with Crippen molar-refractivity contribution >= 4 is 17.9 Å². The number of anilines is 1. The van der Waals surface area contributed by atoms with Crippen LogP contribution in [0.1, 0.15) is 15.9 Å². The minimum atomic E-state index is -0.00243. The van der Waals surface area contributed by atoms with Gasteiger partial charge in [0.05, 0.1) is 23.9 Å². The molecule has 84 valence electrons. The van der Waals surface area contributed by atoms with Crippen molar-refractivity contribution in [3.8, 4) is 11.3 Å². The number of hydrogen-bond acceptors (Lipinski definition) is 3. The van der Waals surface area contributed by atoms with Crippen LogP contribution >= 0.6 is 0 Å². The van der Waals surface area contributed by atoms with E-state index in [1.807, 2.05) is 18.2 Å². The molecule has 2 N–H and O–H groups in total. The summed E-state index contributed by atoms with van der Waals surface area (Å²) < 4.78 is 0. The Morgan fingerprint density at radius 1 is 1.35 bits per heavy atom. The van der Waals surface area contributed by atoms with Crippen molar-refractivity contribution in [2.24, 2.45) is 0 Å². The van der Waals surface area contributed by atoms with Crippen LogP contribution in [-0.2, 0) is 11.2 Å². The number of amides is 1. The molecule has 17 heavy (non-hydrogen) atoms. The molecule has 1 aromatic heterocycles. The first-order valence-corrected chi connectivity index (χ1v) is 5.19. The molecule has 5 nitrogen and oxygen atoms in total. The first-order valence-electron chi connectivity index (χ1n) is 5.19. The van der Waals surface area contributed by atoms with Gasteiger partial charge in [0.1, 0.15) is 0 Å². The van der Waals surface area contributed by atoms with E-state index in [4.69, 9.17) is 0 Å². The Morgan fingerprint density at radius 2 is 2.24 bits per heavy atom. The van der Waals surface area contributed by atoms with Crippen molar-refractivity contribution in [1.82, 2.24) is 10.2 Å². The summed E-state index contributed by atoms with van der Waals surface area (Å²) in [7, 11) is 0. The number of aromatic nitrogens is 2. The van der Waals surface area contributed by atoms with Crippen LogP contribution < -0.4 is 5.32 Å². The van der Waals surface area contributed by atoms with Crippen LogP contribution in [0.25, 0.3) is 11.3 Å². The highest BCUT2D eigenvalue weighted by Gasteiger charge is 2.18. The zero-order valence-corrected chi connectivity index (χ0v) is 8.86. The topological polar surface area (TPSA) is 74.8 Å². The van der Waals surface area contributed by atoms with Gasteiger partial charge in [0.2, 0.25) is 5.91 Å². The molecule has 0 saturated carbocycles. The van der Waals surface area contributed by atoms with Crippen molar-refractivity contribution < 1.29 is 9.59 Å². The molecule has 0 aliphatic carbocycles. The smallest absolute Gasteiger partial charge is 0.228 e. The summed E-state index contributed by atoms with van der Waals surface area (Å²) in [6, 6.07) is 5.59. The third-order valence-electron chi connectivity index (χ3n) is 2.81. The van der Waals surface area contributed by atoms with Gasteiger partial charge in [-0.05, 0) is 17.7 Å². The van der Waals surface area contributed by atoms with Crippen LogP contribution in [0.5, 0.6) is 0 Å². The molecule has 0 fully saturated rings. The van der Waals surface area contributed by atoms with E-state index in [2.05, 4.69) is 15.5 Å². The maximum Gasteiger partial charge on any atom is 0.228 e. The summed E-state index contributed by atoms with van der Waals surface area (Å²) >= 11 is 0. The van der Waals surface area contributed by atoms with E-state index in [9.17, 15) is 9.59 Å². The van der Waals surface area contributed by atoms with Crippen molar-refractivity contribution in [2.45, 2.75) is 6.42 Å². The molecule has 1 aromatic carbocycles. The summed E-state index contributed by atoms with van der Waals surface area (Å²) in [5.41, 5.74) is 3.84. The second-order valence-electron chi connectivity index (χ2n) is 3.92. The molecule has 1 aliphatic rings. The number of aldehydes is 1. The van der Waals surface area contributed by atoms with Gasteiger partial charge in [0.15, 0.2) is 6.29 Å². The molecule has 0 saturated heterocycles. The van der Waals surface area contributed by atoms with Gasteiger partial charge in [-0.25, -0.2) is 0 Å². The second kappa shape index (κ2) is 3.55. The summed E-state index contributed by atoms with van der Waals surface area (Å²) in [5, 5.41) is 9.39. The van der Waals surface area contributed by atoms with Gasteiger partial charge in [-0.2, -0.15) is 5.10 Å². The van der Waals surface area contributed by atoms with E-state index in [-0.39, 0.29) is 5.91 Å². The fraction of sp³-hybridized carbons (Fsp3) is 0.0833. The van der Waals surface area contributed by atoms with Gasteiger partial charge in [0.25, 0.3) is 0 Å². The zero-order valence-electron chi connectivity index (χ0n) is 8.86. The van der Waals surface area contributed by atoms with Crippen LogP contribution in [0, 0.1) is 0 Å². The van der Waals surface area contributed by atoms with E-state index < -0.39 is 0 Å². The maximum absolute atomic E-state index is 11.2. The van der Waals surface area contributed by atoms with Crippen molar-refractivity contribution in [3.63, 3.8) is 0 Å². The Labute approximate surface area is 96.8 Å². The summed E-state index contributed by atoms with van der Waals surface area (Å²) in [6.07, 6.45) is 2.63. The molecule has 0 radical (unpaired) electrons. The fourth-order valence-electron chi connectivity index (χ4n) is 2.00. The van der Waals surface area contributed by atoms with Crippen molar-refractivity contribution in [1.29, 1.82) is 0 Å². The summed E-state index contributed by atoms with van der Waals surface area (Å²) in [5.74, 6) is -0.00243.